The first kappa shape index (κ1) is 21.2. The van der Waals surface area contributed by atoms with Gasteiger partial charge in [-0.25, -0.2) is 4.79 Å². The van der Waals surface area contributed by atoms with Crippen molar-refractivity contribution in [2.24, 2.45) is 17.4 Å². The largest absolute Gasteiger partial charge is 0.480 e. The van der Waals surface area contributed by atoms with Crippen LogP contribution in [0.2, 0.25) is 0 Å². The van der Waals surface area contributed by atoms with Crippen molar-refractivity contribution in [3.8, 4) is 0 Å². The van der Waals surface area contributed by atoms with E-state index < -0.39 is 48.2 Å². The van der Waals surface area contributed by atoms with Gasteiger partial charge in [0.05, 0.1) is 12.5 Å². The van der Waals surface area contributed by atoms with Crippen molar-refractivity contribution < 1.29 is 24.3 Å². The summed E-state index contributed by atoms with van der Waals surface area (Å²) in [6.45, 7) is 3.76. The van der Waals surface area contributed by atoms with Gasteiger partial charge >= 0.3 is 5.97 Å². The molecule has 0 aliphatic rings. The van der Waals surface area contributed by atoms with Crippen LogP contribution >= 0.6 is 12.6 Å². The maximum Gasteiger partial charge on any atom is 0.327 e. The van der Waals surface area contributed by atoms with Gasteiger partial charge in [0.15, 0.2) is 0 Å². The molecule has 23 heavy (non-hydrogen) atoms. The minimum Gasteiger partial charge on any atom is -0.480 e. The number of thiol groups is 1. The van der Waals surface area contributed by atoms with E-state index in [0.717, 1.165) is 0 Å². The van der Waals surface area contributed by atoms with E-state index in [9.17, 15) is 19.2 Å². The summed E-state index contributed by atoms with van der Waals surface area (Å²) in [6, 6.07) is -3.39. The molecule has 0 spiro atoms. The van der Waals surface area contributed by atoms with Crippen molar-refractivity contribution in [3.63, 3.8) is 0 Å². The average molecular weight is 348 g/mol. The highest BCUT2D eigenvalue weighted by atomic mass is 32.1. The van der Waals surface area contributed by atoms with Crippen molar-refractivity contribution in [2.75, 3.05) is 5.75 Å². The zero-order valence-electron chi connectivity index (χ0n) is 13.1. The van der Waals surface area contributed by atoms with Crippen molar-refractivity contribution in [2.45, 2.75) is 44.8 Å². The molecule has 132 valence electrons. The quantitative estimate of drug-likeness (QED) is 0.255. The molecule has 0 saturated carbocycles. The van der Waals surface area contributed by atoms with E-state index in [4.69, 9.17) is 16.6 Å². The number of carboxylic acids is 1. The van der Waals surface area contributed by atoms with Gasteiger partial charge in [0.1, 0.15) is 12.1 Å². The zero-order valence-corrected chi connectivity index (χ0v) is 14.0. The second-order valence-electron chi connectivity index (χ2n) is 5.55. The minimum atomic E-state index is -1.29. The summed E-state index contributed by atoms with van der Waals surface area (Å²) in [4.78, 5) is 46.0. The van der Waals surface area contributed by atoms with Gasteiger partial charge < -0.3 is 27.2 Å². The Morgan fingerprint density at radius 1 is 1.09 bits per heavy atom. The molecule has 3 amide bonds. The fourth-order valence-electron chi connectivity index (χ4n) is 1.76. The summed E-state index contributed by atoms with van der Waals surface area (Å²) < 4.78 is 0. The summed E-state index contributed by atoms with van der Waals surface area (Å²) in [5, 5.41) is 13.4. The van der Waals surface area contributed by atoms with Crippen LogP contribution in [-0.4, -0.2) is 52.7 Å². The molecular formula is C13H24N4O5S. The molecule has 0 aromatic carbocycles. The third-order valence-corrected chi connectivity index (χ3v) is 3.26. The molecule has 0 aliphatic carbocycles. The highest BCUT2D eigenvalue weighted by Gasteiger charge is 2.28. The summed E-state index contributed by atoms with van der Waals surface area (Å²) >= 11 is 3.81. The van der Waals surface area contributed by atoms with Crippen LogP contribution in [0.1, 0.15) is 26.7 Å². The molecule has 7 N–H and O–H groups in total. The lowest BCUT2D eigenvalue weighted by Gasteiger charge is -2.22. The van der Waals surface area contributed by atoms with E-state index in [2.05, 4.69) is 23.3 Å². The summed E-state index contributed by atoms with van der Waals surface area (Å²) in [7, 11) is 0. The van der Waals surface area contributed by atoms with Gasteiger partial charge in [0, 0.05) is 5.75 Å². The number of hydrogen-bond acceptors (Lipinski definition) is 6. The van der Waals surface area contributed by atoms with Gasteiger partial charge in [-0.05, 0) is 12.3 Å². The molecule has 3 atom stereocenters. The number of rotatable bonds is 10. The molecule has 0 fully saturated rings. The molecule has 0 bridgehead atoms. The van der Waals surface area contributed by atoms with Crippen LogP contribution in [0.5, 0.6) is 0 Å². The second-order valence-corrected chi connectivity index (χ2v) is 5.91. The number of carboxylic acid groups (broad SMARTS) is 1. The Balaban J connectivity index is 4.93. The summed E-state index contributed by atoms with van der Waals surface area (Å²) in [5.74, 6) is -3.53. The van der Waals surface area contributed by atoms with Crippen LogP contribution in [0.15, 0.2) is 0 Å². The third kappa shape index (κ3) is 8.41. The first-order valence-corrected chi connectivity index (χ1v) is 7.70. The number of primary amides is 1. The van der Waals surface area contributed by atoms with Crippen molar-refractivity contribution >= 4 is 36.3 Å². The maximum absolute atomic E-state index is 12.1. The first-order chi connectivity index (χ1) is 10.6. The van der Waals surface area contributed by atoms with E-state index >= 15 is 0 Å². The zero-order chi connectivity index (χ0) is 18.2. The van der Waals surface area contributed by atoms with E-state index in [1.807, 2.05) is 13.8 Å². The van der Waals surface area contributed by atoms with Crippen molar-refractivity contribution in [1.82, 2.24) is 10.6 Å². The number of nitrogens with two attached hydrogens (primary N) is 2. The molecular weight excluding hydrogens is 324 g/mol. The molecule has 0 heterocycles. The lowest BCUT2D eigenvalue weighted by Crippen LogP contribution is -2.55. The summed E-state index contributed by atoms with van der Waals surface area (Å²) in [5.41, 5.74) is 10.8. The summed E-state index contributed by atoms with van der Waals surface area (Å²) in [6.07, 6.45) is -0.0734. The maximum atomic E-state index is 12.1. The molecule has 0 saturated heterocycles. The predicted molar refractivity (Wildman–Crippen MR) is 86.6 cm³/mol. The Labute approximate surface area is 139 Å². The highest BCUT2D eigenvalue weighted by molar-refractivity contribution is 7.80. The van der Waals surface area contributed by atoms with Crippen LogP contribution < -0.4 is 22.1 Å². The standard InChI is InChI=1S/C13H24N4O5S/c1-6(2)3-7(14)11(19)16-8(4-10(15)18)12(20)17-9(5-23)13(21)22/h6-9,23H,3-5,14H2,1-2H3,(H2,15,18)(H,16,19)(H,17,20)(H,21,22)/t7-,8-,9-/m0/s1. The molecule has 0 aromatic heterocycles. The van der Waals surface area contributed by atoms with E-state index in [0.29, 0.717) is 6.42 Å². The fraction of sp³-hybridized carbons (Fsp3) is 0.692. The molecule has 0 unspecified atom stereocenters. The van der Waals surface area contributed by atoms with Crippen LogP contribution in [0, 0.1) is 5.92 Å². The number of amides is 3. The Morgan fingerprint density at radius 2 is 1.61 bits per heavy atom. The van der Waals surface area contributed by atoms with Gasteiger partial charge in [-0.2, -0.15) is 12.6 Å². The molecule has 10 heteroatoms. The predicted octanol–water partition coefficient (Wildman–Crippen LogP) is -1.78. The third-order valence-electron chi connectivity index (χ3n) is 2.90. The SMILES string of the molecule is CC(C)C[C@H](N)C(=O)N[C@@H](CC(N)=O)C(=O)N[C@@H](CS)C(=O)O. The van der Waals surface area contributed by atoms with Gasteiger partial charge in [0.25, 0.3) is 0 Å². The van der Waals surface area contributed by atoms with E-state index in [-0.39, 0.29) is 11.7 Å². The number of aliphatic carboxylic acids is 1. The molecule has 0 aliphatic heterocycles. The van der Waals surface area contributed by atoms with Crippen LogP contribution in [0.4, 0.5) is 0 Å². The molecule has 0 aromatic rings. The van der Waals surface area contributed by atoms with Gasteiger partial charge in [-0.15, -0.1) is 0 Å². The Hall–Kier alpha value is -1.81. The van der Waals surface area contributed by atoms with Gasteiger partial charge in [-0.1, -0.05) is 13.8 Å². The van der Waals surface area contributed by atoms with Crippen LogP contribution in [-0.2, 0) is 19.2 Å². The van der Waals surface area contributed by atoms with Crippen LogP contribution in [0.25, 0.3) is 0 Å². The average Bonchev–Trinajstić information content (AvgIpc) is 2.41. The molecule has 0 rings (SSSR count). The lowest BCUT2D eigenvalue weighted by atomic mass is 10.0. The van der Waals surface area contributed by atoms with Gasteiger partial charge in [0.2, 0.25) is 17.7 Å². The Morgan fingerprint density at radius 3 is 2.00 bits per heavy atom. The Bertz CT molecular complexity index is 458. The van der Waals surface area contributed by atoms with Crippen LogP contribution in [0.3, 0.4) is 0 Å². The number of carbonyl (C=O) groups is 4. The molecule has 0 radical (unpaired) electrons. The van der Waals surface area contributed by atoms with Crippen molar-refractivity contribution in [1.29, 1.82) is 0 Å². The fourth-order valence-corrected chi connectivity index (χ4v) is 2.01. The highest BCUT2D eigenvalue weighted by Crippen LogP contribution is 2.04. The minimum absolute atomic E-state index is 0.148. The smallest absolute Gasteiger partial charge is 0.327 e. The number of carbonyl (C=O) groups excluding carboxylic acids is 3. The van der Waals surface area contributed by atoms with E-state index in [1.54, 1.807) is 0 Å². The lowest BCUT2D eigenvalue weighted by molar-refractivity contribution is -0.141. The monoisotopic (exact) mass is 348 g/mol. The Kier molecular flexibility index (Phi) is 9.27. The van der Waals surface area contributed by atoms with E-state index in [1.165, 1.54) is 0 Å². The molecule has 9 nitrogen and oxygen atoms in total. The second kappa shape index (κ2) is 10.1. The topological polar surface area (TPSA) is 165 Å². The van der Waals surface area contributed by atoms with Crippen molar-refractivity contribution in [3.05, 3.63) is 0 Å². The van der Waals surface area contributed by atoms with Gasteiger partial charge in [-0.3, -0.25) is 14.4 Å². The number of hydrogen-bond donors (Lipinski definition) is 6. The number of nitrogens with one attached hydrogen (secondary N) is 2. The first-order valence-electron chi connectivity index (χ1n) is 7.06. The normalized spacial score (nSPS) is 14.7.